The van der Waals surface area contributed by atoms with E-state index in [1.54, 1.807) is 6.08 Å². The molecule has 0 spiro atoms. The summed E-state index contributed by atoms with van der Waals surface area (Å²) >= 11 is 16.0. The number of rotatable bonds is 6. The first-order chi connectivity index (χ1) is 13.0. The fraction of sp³-hybridized carbons (Fsp3) is 0.158. The molecule has 2 aromatic carbocycles. The SMILES string of the molecule is CCOc1cc(C=C2SC(=S)NC2=O)cc(Br)c1OCc1ccccc1Cl. The van der Waals surface area contributed by atoms with E-state index in [-0.39, 0.29) is 5.91 Å². The van der Waals surface area contributed by atoms with Gasteiger partial charge < -0.3 is 14.8 Å². The van der Waals surface area contributed by atoms with Crippen molar-refractivity contribution in [3.8, 4) is 11.5 Å². The van der Waals surface area contributed by atoms with Crippen LogP contribution in [0.25, 0.3) is 6.08 Å². The quantitative estimate of drug-likeness (QED) is 0.429. The average molecular weight is 485 g/mol. The van der Waals surface area contributed by atoms with Crippen LogP contribution in [0.4, 0.5) is 0 Å². The van der Waals surface area contributed by atoms with Gasteiger partial charge in [-0.2, -0.15) is 0 Å². The van der Waals surface area contributed by atoms with E-state index < -0.39 is 0 Å². The van der Waals surface area contributed by atoms with Crippen molar-refractivity contribution in [2.24, 2.45) is 0 Å². The highest BCUT2D eigenvalue weighted by Gasteiger charge is 2.22. The average Bonchev–Trinajstić information content (AvgIpc) is 2.93. The molecule has 0 radical (unpaired) electrons. The lowest BCUT2D eigenvalue weighted by molar-refractivity contribution is -0.115. The minimum Gasteiger partial charge on any atom is -0.490 e. The third-order valence-electron chi connectivity index (χ3n) is 3.60. The number of thioether (sulfide) groups is 1. The lowest BCUT2D eigenvalue weighted by Crippen LogP contribution is -2.17. The second-order valence-corrected chi connectivity index (χ2v) is 8.48. The van der Waals surface area contributed by atoms with Crippen molar-refractivity contribution in [1.82, 2.24) is 5.32 Å². The smallest absolute Gasteiger partial charge is 0.263 e. The molecule has 0 aromatic heterocycles. The van der Waals surface area contributed by atoms with Gasteiger partial charge in [0.2, 0.25) is 0 Å². The summed E-state index contributed by atoms with van der Waals surface area (Å²) in [7, 11) is 0. The molecule has 1 heterocycles. The highest BCUT2D eigenvalue weighted by atomic mass is 79.9. The monoisotopic (exact) mass is 483 g/mol. The molecule has 1 aliphatic heterocycles. The summed E-state index contributed by atoms with van der Waals surface area (Å²) in [6.45, 7) is 2.69. The number of thiocarbonyl (C=S) groups is 1. The van der Waals surface area contributed by atoms with E-state index in [4.69, 9.17) is 33.3 Å². The summed E-state index contributed by atoms with van der Waals surface area (Å²) in [5.41, 5.74) is 1.69. The largest absolute Gasteiger partial charge is 0.490 e. The van der Waals surface area contributed by atoms with Gasteiger partial charge in [-0.05, 0) is 52.7 Å². The lowest BCUT2D eigenvalue weighted by Gasteiger charge is -2.15. The van der Waals surface area contributed by atoms with Gasteiger partial charge in [-0.15, -0.1) is 0 Å². The standard InChI is InChI=1S/C19H15BrClNO3S2/c1-2-24-15-8-11(9-16-18(23)22-19(26)27-16)7-13(20)17(15)25-10-12-5-3-4-6-14(12)21/h3-9H,2,10H2,1H3,(H,22,23,26). The number of carbonyl (C=O) groups excluding carboxylic acids is 1. The maximum Gasteiger partial charge on any atom is 0.263 e. The zero-order chi connectivity index (χ0) is 19.4. The van der Waals surface area contributed by atoms with Gasteiger partial charge in [-0.25, -0.2) is 0 Å². The Bertz CT molecular complexity index is 933. The minimum absolute atomic E-state index is 0.196. The van der Waals surface area contributed by atoms with Crippen molar-refractivity contribution in [3.63, 3.8) is 0 Å². The van der Waals surface area contributed by atoms with Crippen LogP contribution in [0.15, 0.2) is 45.8 Å². The molecular formula is C19H15BrClNO3S2. The summed E-state index contributed by atoms with van der Waals surface area (Å²) < 4.78 is 12.9. The molecule has 2 aromatic rings. The summed E-state index contributed by atoms with van der Waals surface area (Å²) in [5.74, 6) is 0.966. The predicted molar refractivity (Wildman–Crippen MR) is 117 cm³/mol. The number of amides is 1. The number of benzene rings is 2. The van der Waals surface area contributed by atoms with E-state index >= 15 is 0 Å². The van der Waals surface area contributed by atoms with Crippen LogP contribution in [0.5, 0.6) is 11.5 Å². The van der Waals surface area contributed by atoms with Gasteiger partial charge in [0.15, 0.2) is 11.5 Å². The molecule has 0 unspecified atom stereocenters. The molecule has 1 N–H and O–H groups in total. The number of nitrogens with one attached hydrogen (secondary N) is 1. The molecule has 1 fully saturated rings. The topological polar surface area (TPSA) is 47.6 Å². The van der Waals surface area contributed by atoms with E-state index in [2.05, 4.69) is 21.2 Å². The first kappa shape index (κ1) is 20.2. The van der Waals surface area contributed by atoms with Gasteiger partial charge in [0.1, 0.15) is 10.9 Å². The Morgan fingerprint density at radius 1 is 1.30 bits per heavy atom. The van der Waals surface area contributed by atoms with Crippen LogP contribution in [-0.4, -0.2) is 16.8 Å². The van der Waals surface area contributed by atoms with Crippen LogP contribution in [0, 0.1) is 0 Å². The summed E-state index contributed by atoms with van der Waals surface area (Å²) in [4.78, 5) is 12.4. The fourth-order valence-electron chi connectivity index (χ4n) is 2.41. The predicted octanol–water partition coefficient (Wildman–Crippen LogP) is 5.57. The van der Waals surface area contributed by atoms with E-state index in [1.807, 2.05) is 43.3 Å². The molecule has 4 nitrogen and oxygen atoms in total. The van der Waals surface area contributed by atoms with E-state index in [9.17, 15) is 4.79 Å². The van der Waals surface area contributed by atoms with Crippen LogP contribution in [-0.2, 0) is 11.4 Å². The Morgan fingerprint density at radius 2 is 2.07 bits per heavy atom. The van der Waals surface area contributed by atoms with Gasteiger partial charge in [0.25, 0.3) is 5.91 Å². The van der Waals surface area contributed by atoms with Crippen LogP contribution in [0.3, 0.4) is 0 Å². The summed E-state index contributed by atoms with van der Waals surface area (Å²) in [5, 5.41) is 3.25. The van der Waals surface area contributed by atoms with Gasteiger partial charge >= 0.3 is 0 Å². The molecule has 3 rings (SSSR count). The molecule has 0 bridgehead atoms. The maximum atomic E-state index is 11.9. The Kier molecular flexibility index (Phi) is 6.81. The third kappa shape index (κ3) is 5.04. The van der Waals surface area contributed by atoms with Crippen molar-refractivity contribution in [2.45, 2.75) is 13.5 Å². The highest BCUT2D eigenvalue weighted by Crippen LogP contribution is 2.39. The van der Waals surface area contributed by atoms with E-state index in [0.29, 0.717) is 39.0 Å². The molecule has 0 atom stereocenters. The Morgan fingerprint density at radius 3 is 2.74 bits per heavy atom. The van der Waals surface area contributed by atoms with Crippen LogP contribution in [0.1, 0.15) is 18.1 Å². The Labute approximate surface area is 180 Å². The second kappa shape index (κ2) is 9.10. The van der Waals surface area contributed by atoms with Crippen molar-refractivity contribution < 1.29 is 14.3 Å². The second-order valence-electron chi connectivity index (χ2n) is 5.50. The molecule has 1 aliphatic rings. The number of hydrogen-bond acceptors (Lipinski definition) is 5. The van der Waals surface area contributed by atoms with Crippen molar-refractivity contribution >= 4 is 67.8 Å². The Balaban J connectivity index is 1.88. The van der Waals surface area contributed by atoms with Gasteiger partial charge in [-0.1, -0.05) is 53.8 Å². The fourth-order valence-corrected chi connectivity index (χ4v) is 4.22. The van der Waals surface area contributed by atoms with Crippen LogP contribution < -0.4 is 14.8 Å². The minimum atomic E-state index is -0.196. The van der Waals surface area contributed by atoms with Crippen LogP contribution in [0.2, 0.25) is 5.02 Å². The third-order valence-corrected chi connectivity index (χ3v) is 5.72. The normalized spacial score (nSPS) is 15.1. The maximum absolute atomic E-state index is 11.9. The molecule has 27 heavy (non-hydrogen) atoms. The lowest BCUT2D eigenvalue weighted by atomic mass is 10.1. The highest BCUT2D eigenvalue weighted by molar-refractivity contribution is 9.10. The zero-order valence-corrected chi connectivity index (χ0v) is 18.2. The van der Waals surface area contributed by atoms with Crippen molar-refractivity contribution in [2.75, 3.05) is 6.61 Å². The van der Waals surface area contributed by atoms with E-state index in [1.165, 1.54) is 11.8 Å². The Hall–Kier alpha value is -1.54. The van der Waals surface area contributed by atoms with Gasteiger partial charge in [0.05, 0.1) is 16.0 Å². The summed E-state index contributed by atoms with van der Waals surface area (Å²) in [6.07, 6.45) is 1.77. The van der Waals surface area contributed by atoms with Crippen LogP contribution >= 0.6 is 51.5 Å². The molecule has 1 amide bonds. The zero-order valence-electron chi connectivity index (χ0n) is 14.3. The van der Waals surface area contributed by atoms with E-state index in [0.717, 1.165) is 15.6 Å². The van der Waals surface area contributed by atoms with Crippen molar-refractivity contribution in [1.29, 1.82) is 0 Å². The van der Waals surface area contributed by atoms with Gasteiger partial charge in [0, 0.05) is 10.6 Å². The molecule has 0 aliphatic carbocycles. The molecule has 1 saturated heterocycles. The number of carbonyl (C=O) groups is 1. The first-order valence-corrected chi connectivity index (χ1v) is 10.4. The molecule has 0 saturated carbocycles. The molecule has 140 valence electrons. The van der Waals surface area contributed by atoms with Crippen molar-refractivity contribution in [3.05, 3.63) is 61.9 Å². The summed E-state index contributed by atoms with van der Waals surface area (Å²) in [6, 6.07) is 11.2. The molecule has 8 heteroatoms. The number of ether oxygens (including phenoxy) is 2. The number of halogens is 2. The first-order valence-electron chi connectivity index (χ1n) is 8.05. The molecular weight excluding hydrogens is 470 g/mol. The number of hydrogen-bond donors (Lipinski definition) is 1. The van der Waals surface area contributed by atoms with Gasteiger partial charge in [-0.3, -0.25) is 4.79 Å².